The van der Waals surface area contributed by atoms with E-state index in [9.17, 15) is 9.59 Å². The molecule has 5 nitrogen and oxygen atoms in total. The maximum absolute atomic E-state index is 13.1. The Labute approximate surface area is 187 Å². The third kappa shape index (κ3) is 5.89. The average Bonchev–Trinajstić information content (AvgIpc) is 3.25. The SMILES string of the molecule is C[C@@H](C(=O)NC1CCCC1)N(Cc1ccccc1Cl)C(=O)COc1ccccc1Cl. The van der Waals surface area contributed by atoms with Gasteiger partial charge in [-0.05, 0) is 43.5 Å². The number of rotatable bonds is 8. The minimum Gasteiger partial charge on any atom is -0.482 e. The van der Waals surface area contributed by atoms with E-state index in [2.05, 4.69) is 5.32 Å². The van der Waals surface area contributed by atoms with Crippen molar-refractivity contribution < 1.29 is 14.3 Å². The number of ether oxygens (including phenoxy) is 1. The number of halogens is 2. The summed E-state index contributed by atoms with van der Waals surface area (Å²) in [6, 6.07) is 13.8. The zero-order valence-corrected chi connectivity index (χ0v) is 18.5. The van der Waals surface area contributed by atoms with Crippen molar-refractivity contribution in [1.82, 2.24) is 10.2 Å². The number of amides is 2. The maximum Gasteiger partial charge on any atom is 0.261 e. The van der Waals surface area contributed by atoms with E-state index >= 15 is 0 Å². The Bertz CT molecular complexity index is 884. The minimum atomic E-state index is -0.663. The van der Waals surface area contributed by atoms with Crippen LogP contribution in [0.25, 0.3) is 0 Å². The maximum atomic E-state index is 13.1. The van der Waals surface area contributed by atoms with Crippen LogP contribution in [0.5, 0.6) is 5.75 Å². The summed E-state index contributed by atoms with van der Waals surface area (Å²) in [6.45, 7) is 1.72. The van der Waals surface area contributed by atoms with Crippen LogP contribution in [0.1, 0.15) is 38.2 Å². The van der Waals surface area contributed by atoms with Gasteiger partial charge >= 0.3 is 0 Å². The van der Waals surface area contributed by atoms with Gasteiger partial charge in [-0.15, -0.1) is 0 Å². The van der Waals surface area contributed by atoms with Crippen molar-refractivity contribution in [3.63, 3.8) is 0 Å². The highest BCUT2D eigenvalue weighted by molar-refractivity contribution is 6.32. The van der Waals surface area contributed by atoms with Gasteiger partial charge < -0.3 is 15.0 Å². The summed E-state index contributed by atoms with van der Waals surface area (Å²) in [7, 11) is 0. The standard InChI is InChI=1S/C23H26Cl2N2O3/c1-16(23(29)26-18-9-3-4-10-18)27(14-17-8-2-5-11-19(17)24)22(28)15-30-21-13-7-6-12-20(21)25/h2,5-8,11-13,16,18H,3-4,9-10,14-15H2,1H3,(H,26,29)/t16-/m0/s1. The van der Waals surface area contributed by atoms with Gasteiger partial charge in [-0.3, -0.25) is 9.59 Å². The number of carbonyl (C=O) groups excluding carboxylic acids is 2. The molecule has 0 unspecified atom stereocenters. The van der Waals surface area contributed by atoms with E-state index in [1.165, 1.54) is 4.90 Å². The Morgan fingerprint density at radius 2 is 1.70 bits per heavy atom. The molecular formula is C23H26Cl2N2O3. The third-order valence-corrected chi connectivity index (χ3v) is 6.04. The lowest BCUT2D eigenvalue weighted by atomic mass is 10.1. The number of nitrogens with one attached hydrogen (secondary N) is 1. The second-order valence-corrected chi connectivity index (χ2v) is 8.31. The predicted octanol–water partition coefficient (Wildman–Crippen LogP) is 4.85. The average molecular weight is 449 g/mol. The Hall–Kier alpha value is -2.24. The van der Waals surface area contributed by atoms with E-state index < -0.39 is 6.04 Å². The smallest absolute Gasteiger partial charge is 0.261 e. The number of carbonyl (C=O) groups is 2. The van der Waals surface area contributed by atoms with Crippen LogP contribution < -0.4 is 10.1 Å². The fourth-order valence-electron chi connectivity index (χ4n) is 3.57. The van der Waals surface area contributed by atoms with Gasteiger partial charge in [-0.25, -0.2) is 0 Å². The van der Waals surface area contributed by atoms with E-state index in [1.807, 2.05) is 18.2 Å². The van der Waals surface area contributed by atoms with Crippen LogP contribution >= 0.6 is 23.2 Å². The van der Waals surface area contributed by atoms with E-state index in [-0.39, 0.29) is 31.0 Å². The zero-order chi connectivity index (χ0) is 21.5. The molecule has 1 aliphatic carbocycles. The molecule has 0 spiro atoms. The molecule has 30 heavy (non-hydrogen) atoms. The largest absolute Gasteiger partial charge is 0.482 e. The summed E-state index contributed by atoms with van der Waals surface area (Å²) in [6.07, 6.45) is 4.19. The second kappa shape index (κ2) is 10.7. The summed E-state index contributed by atoms with van der Waals surface area (Å²) in [5.41, 5.74) is 0.769. The van der Waals surface area contributed by atoms with Crippen LogP contribution in [-0.4, -0.2) is 35.4 Å². The molecule has 3 rings (SSSR count). The lowest BCUT2D eigenvalue weighted by Crippen LogP contribution is -2.50. The first-order valence-electron chi connectivity index (χ1n) is 10.2. The number of hydrogen-bond donors (Lipinski definition) is 1. The Balaban J connectivity index is 1.73. The molecule has 2 amide bonds. The lowest BCUT2D eigenvalue weighted by molar-refractivity contribution is -0.142. The van der Waals surface area contributed by atoms with E-state index in [0.29, 0.717) is 15.8 Å². The number of nitrogens with zero attached hydrogens (tertiary/aromatic N) is 1. The van der Waals surface area contributed by atoms with E-state index in [0.717, 1.165) is 31.2 Å². The van der Waals surface area contributed by atoms with Gasteiger partial charge in [0.25, 0.3) is 5.91 Å². The molecule has 0 radical (unpaired) electrons. The molecule has 0 aliphatic heterocycles. The Morgan fingerprint density at radius 3 is 2.37 bits per heavy atom. The third-order valence-electron chi connectivity index (χ3n) is 5.36. The van der Waals surface area contributed by atoms with E-state index in [1.54, 1.807) is 37.3 Å². The molecule has 0 saturated heterocycles. The summed E-state index contributed by atoms with van der Waals surface area (Å²) >= 11 is 12.4. The first kappa shape index (κ1) is 22.4. The minimum absolute atomic E-state index is 0.167. The highest BCUT2D eigenvalue weighted by Crippen LogP contribution is 2.24. The number of para-hydroxylation sites is 1. The molecule has 1 atom stereocenters. The highest BCUT2D eigenvalue weighted by atomic mass is 35.5. The molecule has 2 aromatic carbocycles. The van der Waals surface area contributed by atoms with E-state index in [4.69, 9.17) is 27.9 Å². The molecule has 2 aromatic rings. The monoisotopic (exact) mass is 448 g/mol. The van der Waals surface area contributed by atoms with Crippen molar-refractivity contribution in [2.24, 2.45) is 0 Å². The summed E-state index contributed by atoms with van der Waals surface area (Å²) < 4.78 is 5.62. The fourth-order valence-corrected chi connectivity index (χ4v) is 3.95. The quantitative estimate of drug-likeness (QED) is 0.627. The second-order valence-electron chi connectivity index (χ2n) is 7.50. The molecule has 7 heteroatoms. The number of hydrogen-bond acceptors (Lipinski definition) is 3. The van der Waals surface area contributed by atoms with Gasteiger partial charge in [0, 0.05) is 17.6 Å². The van der Waals surface area contributed by atoms with Crippen molar-refractivity contribution in [2.75, 3.05) is 6.61 Å². The molecule has 0 aromatic heterocycles. The molecule has 160 valence electrons. The van der Waals surface area contributed by atoms with Gasteiger partial charge in [0.15, 0.2) is 6.61 Å². The molecule has 1 aliphatic rings. The molecule has 1 fully saturated rings. The van der Waals surface area contributed by atoms with Gasteiger partial charge in [0.05, 0.1) is 5.02 Å². The topological polar surface area (TPSA) is 58.6 Å². The van der Waals surface area contributed by atoms with Crippen LogP contribution in [0, 0.1) is 0 Å². The molecule has 0 bridgehead atoms. The molecule has 0 heterocycles. The van der Waals surface area contributed by atoms with Crippen LogP contribution in [0.2, 0.25) is 10.0 Å². The molecular weight excluding hydrogens is 423 g/mol. The molecule has 1 saturated carbocycles. The van der Waals surface area contributed by atoms with Crippen molar-refractivity contribution in [2.45, 2.75) is 51.2 Å². The highest BCUT2D eigenvalue weighted by Gasteiger charge is 2.29. The summed E-state index contributed by atoms with van der Waals surface area (Å²) in [5.74, 6) is -0.0581. The fraction of sp³-hybridized carbons (Fsp3) is 0.391. The Morgan fingerprint density at radius 1 is 1.07 bits per heavy atom. The van der Waals surface area contributed by atoms with Crippen LogP contribution in [-0.2, 0) is 16.1 Å². The van der Waals surface area contributed by atoms with Crippen molar-refractivity contribution >= 4 is 35.0 Å². The first-order valence-corrected chi connectivity index (χ1v) is 10.9. The Kier molecular flexibility index (Phi) is 8.00. The van der Waals surface area contributed by atoms with Gasteiger partial charge in [-0.2, -0.15) is 0 Å². The summed E-state index contributed by atoms with van der Waals surface area (Å²) in [5, 5.41) is 4.04. The van der Waals surface area contributed by atoms with Crippen molar-refractivity contribution in [1.29, 1.82) is 0 Å². The summed E-state index contributed by atoms with van der Waals surface area (Å²) in [4.78, 5) is 27.4. The van der Waals surface area contributed by atoms with Gasteiger partial charge in [0.2, 0.25) is 5.91 Å². The normalized spacial score (nSPS) is 14.9. The van der Waals surface area contributed by atoms with Crippen molar-refractivity contribution in [3.05, 3.63) is 64.1 Å². The van der Waals surface area contributed by atoms with Crippen LogP contribution in [0.3, 0.4) is 0 Å². The lowest BCUT2D eigenvalue weighted by Gasteiger charge is -2.30. The first-order chi connectivity index (χ1) is 14.5. The zero-order valence-electron chi connectivity index (χ0n) is 16.9. The predicted molar refractivity (Wildman–Crippen MR) is 119 cm³/mol. The van der Waals surface area contributed by atoms with Crippen LogP contribution in [0.4, 0.5) is 0 Å². The molecule has 1 N–H and O–H groups in total. The van der Waals surface area contributed by atoms with Gasteiger partial charge in [0.1, 0.15) is 11.8 Å². The number of benzene rings is 2. The van der Waals surface area contributed by atoms with Crippen molar-refractivity contribution in [3.8, 4) is 5.75 Å². The van der Waals surface area contributed by atoms with Crippen LogP contribution in [0.15, 0.2) is 48.5 Å². The van der Waals surface area contributed by atoms with Gasteiger partial charge in [-0.1, -0.05) is 66.4 Å².